The average Bonchev–Trinajstić information content (AvgIpc) is 3.03. The molecule has 3 rings (SSSR count). The Morgan fingerprint density at radius 1 is 1.20 bits per heavy atom. The van der Waals surface area contributed by atoms with Crippen LogP contribution in [0.15, 0.2) is 23.8 Å². The van der Waals surface area contributed by atoms with Crippen LogP contribution >= 0.6 is 0 Å². The second-order valence-corrected chi connectivity index (χ2v) is 7.17. The van der Waals surface area contributed by atoms with Gasteiger partial charge in [-0.15, -0.1) is 0 Å². The summed E-state index contributed by atoms with van der Waals surface area (Å²) in [7, 11) is 3.56. The van der Waals surface area contributed by atoms with E-state index in [1.807, 2.05) is 28.6 Å². The molecule has 2 amide bonds. The number of hydrogen-bond donors (Lipinski definition) is 1. The Hall–Kier alpha value is -2.04. The van der Waals surface area contributed by atoms with E-state index < -0.39 is 0 Å². The fraction of sp³-hybridized carbons (Fsp3) is 0.600. The normalized spacial score (nSPS) is 21.0. The van der Waals surface area contributed by atoms with E-state index in [0.717, 1.165) is 44.3 Å². The van der Waals surface area contributed by atoms with Gasteiger partial charge in [-0.25, -0.2) is 0 Å². The van der Waals surface area contributed by atoms with Gasteiger partial charge in [0, 0.05) is 32.8 Å². The number of nitrogens with one attached hydrogen (secondary N) is 1. The number of amides is 2. The van der Waals surface area contributed by atoms with E-state index in [2.05, 4.69) is 11.4 Å². The van der Waals surface area contributed by atoms with Crippen LogP contribution in [0.25, 0.3) is 0 Å². The first-order chi connectivity index (χ1) is 12.1. The van der Waals surface area contributed by atoms with E-state index in [1.54, 1.807) is 7.05 Å². The van der Waals surface area contributed by atoms with Gasteiger partial charge in [0.25, 0.3) is 5.91 Å². The third-order valence-corrected chi connectivity index (χ3v) is 5.55. The molecule has 1 aromatic rings. The fourth-order valence-corrected chi connectivity index (χ4v) is 4.12. The van der Waals surface area contributed by atoms with E-state index in [9.17, 15) is 9.59 Å². The highest BCUT2D eigenvalue weighted by Crippen LogP contribution is 2.33. The zero-order chi connectivity index (χ0) is 17.8. The summed E-state index contributed by atoms with van der Waals surface area (Å²) >= 11 is 0. The molecule has 0 aromatic carbocycles. The molecular formula is C20H29N3O2. The van der Waals surface area contributed by atoms with Crippen LogP contribution in [0, 0.1) is 0 Å². The number of nitrogens with zero attached hydrogens (tertiary/aromatic N) is 2. The fourth-order valence-electron chi connectivity index (χ4n) is 4.12. The molecule has 2 heterocycles. The summed E-state index contributed by atoms with van der Waals surface area (Å²) in [5, 5.41) is 2.68. The Bertz CT molecular complexity index is 674. The predicted molar refractivity (Wildman–Crippen MR) is 98.3 cm³/mol. The maximum absolute atomic E-state index is 13.0. The van der Waals surface area contributed by atoms with E-state index in [-0.39, 0.29) is 17.9 Å². The summed E-state index contributed by atoms with van der Waals surface area (Å²) in [6.07, 6.45) is 10.6. The lowest BCUT2D eigenvalue weighted by molar-refractivity contribution is -0.134. The second kappa shape index (κ2) is 7.89. The highest BCUT2D eigenvalue weighted by molar-refractivity contribution is 5.92. The molecule has 0 unspecified atom stereocenters. The third kappa shape index (κ3) is 3.80. The Kier molecular flexibility index (Phi) is 5.61. The molecule has 1 N–H and O–H groups in total. The summed E-state index contributed by atoms with van der Waals surface area (Å²) < 4.78 is 1.94. The van der Waals surface area contributed by atoms with Gasteiger partial charge in [-0.05, 0) is 57.1 Å². The number of carbonyl (C=O) groups is 2. The van der Waals surface area contributed by atoms with Crippen LogP contribution < -0.4 is 5.32 Å². The van der Waals surface area contributed by atoms with Crippen LogP contribution in [0.2, 0.25) is 0 Å². The molecule has 1 saturated heterocycles. The molecule has 25 heavy (non-hydrogen) atoms. The molecule has 1 fully saturated rings. The van der Waals surface area contributed by atoms with Crippen molar-refractivity contribution in [2.45, 2.75) is 57.4 Å². The zero-order valence-corrected chi connectivity index (χ0v) is 15.4. The zero-order valence-electron chi connectivity index (χ0n) is 15.4. The summed E-state index contributed by atoms with van der Waals surface area (Å²) in [6, 6.07) is 3.93. The number of rotatable bonds is 4. The van der Waals surface area contributed by atoms with Crippen molar-refractivity contribution in [3.8, 4) is 0 Å². The highest BCUT2D eigenvalue weighted by atomic mass is 16.2. The Balaban J connectivity index is 1.79. The summed E-state index contributed by atoms with van der Waals surface area (Å²) in [5.74, 6) is 0.148. The SMILES string of the molecule is CNC(=O)c1ccc([C@H]2CCCCN2C(=O)CC2=CCCCC2)n1C. The lowest BCUT2D eigenvalue weighted by Gasteiger charge is -2.36. The van der Waals surface area contributed by atoms with Gasteiger partial charge in [0.15, 0.2) is 0 Å². The molecule has 0 radical (unpaired) electrons. The molecule has 5 heteroatoms. The number of aromatic nitrogens is 1. The molecule has 0 bridgehead atoms. The van der Waals surface area contributed by atoms with Crippen molar-refractivity contribution < 1.29 is 9.59 Å². The molecular weight excluding hydrogens is 314 g/mol. The maximum Gasteiger partial charge on any atom is 0.267 e. The number of piperidine rings is 1. The Labute approximate surface area is 150 Å². The van der Waals surface area contributed by atoms with Crippen molar-refractivity contribution >= 4 is 11.8 Å². The third-order valence-electron chi connectivity index (χ3n) is 5.55. The lowest BCUT2D eigenvalue weighted by atomic mass is 9.94. The molecule has 1 aliphatic heterocycles. The van der Waals surface area contributed by atoms with Gasteiger partial charge in [0.1, 0.15) is 5.69 Å². The lowest BCUT2D eigenvalue weighted by Crippen LogP contribution is -2.39. The van der Waals surface area contributed by atoms with Gasteiger partial charge in [-0.2, -0.15) is 0 Å². The van der Waals surface area contributed by atoms with E-state index in [4.69, 9.17) is 0 Å². The van der Waals surface area contributed by atoms with Crippen molar-refractivity contribution in [1.82, 2.24) is 14.8 Å². The molecule has 1 aliphatic carbocycles. The minimum absolute atomic E-state index is 0.0776. The van der Waals surface area contributed by atoms with Gasteiger partial charge >= 0.3 is 0 Å². The van der Waals surface area contributed by atoms with E-state index in [0.29, 0.717) is 12.1 Å². The Morgan fingerprint density at radius 2 is 2.04 bits per heavy atom. The van der Waals surface area contributed by atoms with Gasteiger partial charge in [0.2, 0.25) is 5.91 Å². The number of carbonyl (C=O) groups excluding carboxylic acids is 2. The highest BCUT2D eigenvalue weighted by Gasteiger charge is 2.30. The van der Waals surface area contributed by atoms with Crippen LogP contribution in [0.3, 0.4) is 0 Å². The van der Waals surface area contributed by atoms with Gasteiger partial charge in [-0.1, -0.05) is 11.6 Å². The maximum atomic E-state index is 13.0. The molecule has 136 valence electrons. The summed E-state index contributed by atoms with van der Waals surface area (Å²) in [6.45, 7) is 0.817. The number of allylic oxidation sites excluding steroid dienone is 1. The minimum Gasteiger partial charge on any atom is -0.354 e. The van der Waals surface area contributed by atoms with Crippen molar-refractivity contribution in [1.29, 1.82) is 0 Å². The van der Waals surface area contributed by atoms with Crippen molar-refractivity contribution in [2.24, 2.45) is 7.05 Å². The first kappa shape index (κ1) is 17.8. The smallest absolute Gasteiger partial charge is 0.267 e. The largest absolute Gasteiger partial charge is 0.354 e. The predicted octanol–water partition coefficient (Wildman–Crippen LogP) is 3.33. The minimum atomic E-state index is -0.0882. The number of likely N-dealkylation sites (tertiary alicyclic amines) is 1. The van der Waals surface area contributed by atoms with Crippen molar-refractivity contribution in [3.63, 3.8) is 0 Å². The first-order valence-corrected chi connectivity index (χ1v) is 9.47. The molecule has 0 saturated carbocycles. The van der Waals surface area contributed by atoms with Crippen LogP contribution in [-0.2, 0) is 11.8 Å². The summed E-state index contributed by atoms with van der Waals surface area (Å²) in [5.41, 5.74) is 3.01. The van der Waals surface area contributed by atoms with Gasteiger partial charge < -0.3 is 14.8 Å². The van der Waals surface area contributed by atoms with Crippen LogP contribution in [0.1, 0.15) is 73.6 Å². The molecule has 2 aliphatic rings. The average molecular weight is 343 g/mol. The Morgan fingerprint density at radius 3 is 2.76 bits per heavy atom. The number of hydrogen-bond acceptors (Lipinski definition) is 2. The second-order valence-electron chi connectivity index (χ2n) is 7.17. The monoisotopic (exact) mass is 343 g/mol. The first-order valence-electron chi connectivity index (χ1n) is 9.47. The molecule has 1 atom stereocenters. The molecule has 5 nitrogen and oxygen atoms in total. The van der Waals surface area contributed by atoms with Gasteiger partial charge in [0.05, 0.1) is 6.04 Å². The van der Waals surface area contributed by atoms with Crippen molar-refractivity contribution in [3.05, 3.63) is 35.2 Å². The van der Waals surface area contributed by atoms with Crippen molar-refractivity contribution in [2.75, 3.05) is 13.6 Å². The molecule has 1 aromatic heterocycles. The van der Waals surface area contributed by atoms with Crippen LogP contribution in [0.5, 0.6) is 0 Å². The quantitative estimate of drug-likeness (QED) is 0.853. The topological polar surface area (TPSA) is 54.3 Å². The van der Waals surface area contributed by atoms with Gasteiger partial charge in [-0.3, -0.25) is 9.59 Å². The van der Waals surface area contributed by atoms with Crippen LogP contribution in [-0.4, -0.2) is 34.9 Å². The standard InChI is InChI=1S/C20H29N3O2/c1-21-20(25)18-12-11-16(22(18)2)17-10-6-7-13-23(17)19(24)14-15-8-4-3-5-9-15/h8,11-12,17H,3-7,9-10,13-14H2,1-2H3,(H,21,25)/t17-/m1/s1. The van der Waals surface area contributed by atoms with E-state index >= 15 is 0 Å². The van der Waals surface area contributed by atoms with Crippen LogP contribution in [0.4, 0.5) is 0 Å². The van der Waals surface area contributed by atoms with E-state index in [1.165, 1.54) is 18.4 Å². The summed E-state index contributed by atoms with van der Waals surface area (Å²) in [4.78, 5) is 27.0. The molecule has 0 spiro atoms.